The van der Waals surface area contributed by atoms with Crippen LogP contribution in [0.5, 0.6) is 0 Å². The Hall–Kier alpha value is -0.570. The maximum atomic E-state index is 9.93. The van der Waals surface area contributed by atoms with E-state index in [0.717, 1.165) is 19.6 Å². The second-order valence-corrected chi connectivity index (χ2v) is 2.68. The third-order valence-corrected chi connectivity index (χ3v) is 2.21. The van der Waals surface area contributed by atoms with Crippen LogP contribution in [-0.4, -0.2) is 25.7 Å². The Kier molecular flexibility index (Phi) is 0.990. The molecule has 1 aliphatic carbocycles. The predicted molar refractivity (Wildman–Crippen MR) is 30.8 cm³/mol. The molecule has 1 amide bonds. The SMILES string of the molecule is O=CNC1C2COCC21. The zero-order valence-electron chi connectivity index (χ0n) is 5.04. The minimum absolute atomic E-state index is 0.441. The lowest BCUT2D eigenvalue weighted by atomic mass is 10.4. The van der Waals surface area contributed by atoms with Crippen LogP contribution in [0.1, 0.15) is 0 Å². The molecule has 2 atom stereocenters. The molecule has 2 rings (SSSR count). The van der Waals surface area contributed by atoms with E-state index >= 15 is 0 Å². The molecule has 3 heteroatoms. The summed E-state index contributed by atoms with van der Waals surface area (Å²) in [5, 5.41) is 2.76. The second-order valence-electron chi connectivity index (χ2n) is 2.68. The summed E-state index contributed by atoms with van der Waals surface area (Å²) in [6.45, 7) is 1.69. The molecule has 2 fully saturated rings. The molecule has 1 N–H and O–H groups in total. The zero-order valence-corrected chi connectivity index (χ0v) is 5.04. The lowest BCUT2D eigenvalue weighted by molar-refractivity contribution is -0.109. The lowest BCUT2D eigenvalue weighted by Gasteiger charge is -1.99. The van der Waals surface area contributed by atoms with Crippen molar-refractivity contribution in [3.8, 4) is 0 Å². The zero-order chi connectivity index (χ0) is 6.27. The molecule has 2 unspecified atom stereocenters. The monoisotopic (exact) mass is 127 g/mol. The first kappa shape index (κ1) is 5.23. The fourth-order valence-electron chi connectivity index (χ4n) is 1.57. The fraction of sp³-hybridized carbons (Fsp3) is 0.833. The molecule has 2 aliphatic rings. The van der Waals surface area contributed by atoms with Crippen LogP contribution in [0.2, 0.25) is 0 Å². The van der Waals surface area contributed by atoms with Crippen molar-refractivity contribution in [2.75, 3.05) is 13.2 Å². The minimum atomic E-state index is 0.441. The third-order valence-electron chi connectivity index (χ3n) is 2.21. The highest BCUT2D eigenvalue weighted by molar-refractivity contribution is 5.48. The van der Waals surface area contributed by atoms with Crippen LogP contribution in [0.15, 0.2) is 0 Å². The summed E-state index contributed by atoms with van der Waals surface area (Å²) in [6, 6.07) is 0.441. The van der Waals surface area contributed by atoms with E-state index in [-0.39, 0.29) is 0 Å². The Bertz CT molecular complexity index is 127. The summed E-state index contributed by atoms with van der Waals surface area (Å²) >= 11 is 0. The van der Waals surface area contributed by atoms with Gasteiger partial charge in [-0.1, -0.05) is 0 Å². The Morgan fingerprint density at radius 2 is 2.11 bits per heavy atom. The van der Waals surface area contributed by atoms with Gasteiger partial charge in [0.15, 0.2) is 0 Å². The summed E-state index contributed by atoms with van der Waals surface area (Å²) < 4.78 is 5.13. The van der Waals surface area contributed by atoms with Gasteiger partial charge in [0.25, 0.3) is 0 Å². The maximum absolute atomic E-state index is 9.93. The largest absolute Gasteiger partial charge is 0.381 e. The Labute approximate surface area is 53.4 Å². The molecule has 0 aromatic carbocycles. The van der Waals surface area contributed by atoms with Crippen LogP contribution in [0.4, 0.5) is 0 Å². The molecule has 50 valence electrons. The van der Waals surface area contributed by atoms with Crippen LogP contribution in [0.25, 0.3) is 0 Å². The Morgan fingerprint density at radius 3 is 2.67 bits per heavy atom. The minimum Gasteiger partial charge on any atom is -0.381 e. The number of hydrogen-bond donors (Lipinski definition) is 1. The molecule has 0 aromatic rings. The maximum Gasteiger partial charge on any atom is 0.207 e. The number of fused-ring (bicyclic) bond motifs is 1. The van der Waals surface area contributed by atoms with Crippen molar-refractivity contribution in [3.05, 3.63) is 0 Å². The lowest BCUT2D eigenvalue weighted by Crippen LogP contribution is -2.20. The fourth-order valence-corrected chi connectivity index (χ4v) is 1.57. The average Bonchev–Trinajstić information content (AvgIpc) is 2.39. The number of carbonyl (C=O) groups is 1. The standard InChI is InChI=1S/C6H9NO2/c8-3-7-6-4-1-9-2-5(4)6/h3-6H,1-2H2,(H,7,8). The van der Waals surface area contributed by atoms with Gasteiger partial charge in [0.2, 0.25) is 6.41 Å². The molecule has 1 saturated carbocycles. The van der Waals surface area contributed by atoms with Crippen LogP contribution in [-0.2, 0) is 9.53 Å². The van der Waals surface area contributed by atoms with Crippen LogP contribution in [0, 0.1) is 11.8 Å². The van der Waals surface area contributed by atoms with E-state index in [2.05, 4.69) is 5.32 Å². The molecule has 0 aromatic heterocycles. The van der Waals surface area contributed by atoms with E-state index in [1.165, 1.54) is 0 Å². The summed E-state index contributed by atoms with van der Waals surface area (Å²) in [7, 11) is 0. The Morgan fingerprint density at radius 1 is 1.44 bits per heavy atom. The van der Waals surface area contributed by atoms with Gasteiger partial charge in [0, 0.05) is 17.9 Å². The topological polar surface area (TPSA) is 38.3 Å². The van der Waals surface area contributed by atoms with E-state index in [0.29, 0.717) is 17.9 Å². The van der Waals surface area contributed by atoms with E-state index in [1.807, 2.05) is 0 Å². The number of ether oxygens (including phenoxy) is 1. The third kappa shape index (κ3) is 0.645. The molecule has 0 bridgehead atoms. The van der Waals surface area contributed by atoms with Crippen molar-refractivity contribution in [2.45, 2.75) is 6.04 Å². The van der Waals surface area contributed by atoms with Gasteiger partial charge < -0.3 is 10.1 Å². The first-order valence-electron chi connectivity index (χ1n) is 3.21. The molecule has 0 radical (unpaired) electrons. The highest BCUT2D eigenvalue weighted by Gasteiger charge is 2.53. The number of carbonyl (C=O) groups excluding carboxylic acids is 1. The molecule has 1 heterocycles. The van der Waals surface area contributed by atoms with Crippen molar-refractivity contribution in [1.29, 1.82) is 0 Å². The van der Waals surface area contributed by atoms with Crippen molar-refractivity contribution >= 4 is 6.41 Å². The molecule has 3 nitrogen and oxygen atoms in total. The number of nitrogens with one attached hydrogen (secondary N) is 1. The Balaban J connectivity index is 1.87. The van der Waals surface area contributed by atoms with E-state index in [1.54, 1.807) is 0 Å². The van der Waals surface area contributed by atoms with Gasteiger partial charge in [-0.15, -0.1) is 0 Å². The van der Waals surface area contributed by atoms with Crippen molar-refractivity contribution in [1.82, 2.24) is 5.32 Å². The van der Waals surface area contributed by atoms with E-state index in [4.69, 9.17) is 4.74 Å². The first-order chi connectivity index (χ1) is 4.43. The quantitative estimate of drug-likeness (QED) is 0.502. The smallest absolute Gasteiger partial charge is 0.207 e. The van der Waals surface area contributed by atoms with Crippen LogP contribution >= 0.6 is 0 Å². The predicted octanol–water partition coefficient (Wildman–Crippen LogP) is -0.623. The second kappa shape index (κ2) is 1.70. The van der Waals surface area contributed by atoms with Crippen molar-refractivity contribution in [3.63, 3.8) is 0 Å². The summed E-state index contributed by atoms with van der Waals surface area (Å²) in [4.78, 5) is 9.93. The van der Waals surface area contributed by atoms with Crippen LogP contribution in [0.3, 0.4) is 0 Å². The van der Waals surface area contributed by atoms with Gasteiger partial charge in [-0.3, -0.25) is 4.79 Å². The molecule has 1 saturated heterocycles. The number of rotatable bonds is 2. The van der Waals surface area contributed by atoms with Gasteiger partial charge >= 0.3 is 0 Å². The molecular formula is C6H9NO2. The van der Waals surface area contributed by atoms with E-state index < -0.39 is 0 Å². The van der Waals surface area contributed by atoms with E-state index in [9.17, 15) is 4.79 Å². The first-order valence-corrected chi connectivity index (χ1v) is 3.21. The summed E-state index contributed by atoms with van der Waals surface area (Å²) in [5.41, 5.74) is 0. The van der Waals surface area contributed by atoms with Crippen LogP contribution < -0.4 is 5.32 Å². The van der Waals surface area contributed by atoms with Crippen molar-refractivity contribution in [2.24, 2.45) is 11.8 Å². The highest BCUT2D eigenvalue weighted by atomic mass is 16.5. The molecule has 0 spiro atoms. The van der Waals surface area contributed by atoms with Gasteiger partial charge in [0.05, 0.1) is 13.2 Å². The van der Waals surface area contributed by atoms with Crippen molar-refractivity contribution < 1.29 is 9.53 Å². The summed E-state index contributed by atoms with van der Waals surface area (Å²) in [5.74, 6) is 1.27. The van der Waals surface area contributed by atoms with Gasteiger partial charge in [-0.05, 0) is 0 Å². The molecule has 9 heavy (non-hydrogen) atoms. The highest BCUT2D eigenvalue weighted by Crippen LogP contribution is 2.43. The normalized spacial score (nSPS) is 46.0. The number of amides is 1. The molecule has 1 aliphatic heterocycles. The number of hydrogen-bond acceptors (Lipinski definition) is 2. The average molecular weight is 127 g/mol. The van der Waals surface area contributed by atoms with Gasteiger partial charge in [-0.2, -0.15) is 0 Å². The van der Waals surface area contributed by atoms with Gasteiger partial charge in [-0.25, -0.2) is 0 Å². The summed E-state index contributed by atoms with van der Waals surface area (Å²) in [6.07, 6.45) is 0.781. The molecular weight excluding hydrogens is 118 g/mol. The van der Waals surface area contributed by atoms with Gasteiger partial charge in [0.1, 0.15) is 0 Å².